The van der Waals surface area contributed by atoms with Crippen LogP contribution in [0.1, 0.15) is 0 Å². The van der Waals surface area contributed by atoms with Gasteiger partial charge in [-0.1, -0.05) is 49.7 Å². The molecule has 0 unspecified atom stereocenters. The molecular weight excluding hydrogens is 480 g/mol. The first-order chi connectivity index (χ1) is 12.9. The average molecular weight is 525 g/mol. The van der Waals surface area contributed by atoms with Crippen molar-refractivity contribution in [2.75, 3.05) is 13.2 Å². The van der Waals surface area contributed by atoms with Gasteiger partial charge in [0.15, 0.2) is 16.6 Å². The van der Waals surface area contributed by atoms with Gasteiger partial charge < -0.3 is 8.85 Å². The van der Waals surface area contributed by atoms with Crippen LogP contribution in [0.5, 0.6) is 0 Å². The molecule has 0 aromatic rings. The second-order valence-electron chi connectivity index (χ2n) is 12.0. The van der Waals surface area contributed by atoms with Gasteiger partial charge in [-0.05, 0) is 82.5 Å². The van der Waals surface area contributed by atoms with Crippen molar-refractivity contribution in [3.8, 4) is 0 Å². The second kappa shape index (κ2) is 11.8. The van der Waals surface area contributed by atoms with Crippen LogP contribution in [0.25, 0.3) is 0 Å². The zero-order valence-corrected chi connectivity index (χ0v) is 26.5. The molecular formula is C23H45CoO2Si4. The largest absolute Gasteiger partial charge is 0.413 e. The Balaban J connectivity index is 0.00000122. The Kier molecular flexibility index (Phi) is 12.1. The summed E-state index contributed by atoms with van der Waals surface area (Å²) < 4.78 is 12.6. The minimum absolute atomic E-state index is 0. The number of hydrogen-bond donors (Lipinski definition) is 0. The topological polar surface area (TPSA) is 18.5 Å². The molecule has 30 heavy (non-hydrogen) atoms. The third kappa shape index (κ3) is 10.6. The summed E-state index contributed by atoms with van der Waals surface area (Å²) in [7, 11) is -5.77. The fourth-order valence-corrected chi connectivity index (χ4v) is 10.9. The van der Waals surface area contributed by atoms with Gasteiger partial charge in [0, 0.05) is 16.8 Å². The molecule has 7 heteroatoms. The molecule has 0 heterocycles. The van der Waals surface area contributed by atoms with E-state index >= 15 is 0 Å². The monoisotopic (exact) mass is 524 g/mol. The van der Waals surface area contributed by atoms with Gasteiger partial charge in [0.1, 0.15) is 0 Å². The number of rotatable bonds is 8. The first-order valence-corrected chi connectivity index (χ1v) is 24.7. The van der Waals surface area contributed by atoms with Gasteiger partial charge in [0.2, 0.25) is 0 Å². The Morgan fingerprint density at radius 3 is 0.900 bits per heavy atom. The Labute approximate surface area is 203 Å². The quantitative estimate of drug-likeness (QED) is 0.316. The average Bonchev–Trinajstić information content (AvgIpc) is 2.99. The SMILES string of the molecule is C[Si](C)(C)OCC1=C(CO[Si](C)(C)C)C([Si](C)(C)C)=C1[Si](C)(C)C.[CH]1[CH][CH][CH][CH]1.[Co]. The van der Waals surface area contributed by atoms with Gasteiger partial charge in [-0.15, -0.1) is 0 Å². The molecule has 2 aliphatic rings. The predicted molar refractivity (Wildman–Crippen MR) is 141 cm³/mol. The molecule has 2 aliphatic carbocycles. The molecule has 2 nitrogen and oxygen atoms in total. The molecule has 0 bridgehead atoms. The van der Waals surface area contributed by atoms with E-state index in [0.717, 1.165) is 13.2 Å². The van der Waals surface area contributed by atoms with Gasteiger partial charge in [-0.25, -0.2) is 0 Å². The maximum atomic E-state index is 6.32. The molecule has 0 saturated heterocycles. The Bertz CT molecular complexity index is 555. The van der Waals surface area contributed by atoms with Gasteiger partial charge in [0.05, 0.1) is 29.4 Å². The van der Waals surface area contributed by atoms with Crippen LogP contribution in [0.3, 0.4) is 0 Å². The summed E-state index contributed by atoms with van der Waals surface area (Å²) in [6.07, 6.45) is 10.0. The van der Waals surface area contributed by atoms with Gasteiger partial charge >= 0.3 is 0 Å². The first-order valence-electron chi connectivity index (χ1n) is 10.9. The van der Waals surface area contributed by atoms with Crippen molar-refractivity contribution in [1.29, 1.82) is 0 Å². The van der Waals surface area contributed by atoms with E-state index in [0.29, 0.717) is 0 Å². The van der Waals surface area contributed by atoms with E-state index < -0.39 is 32.8 Å². The minimum atomic E-state index is -1.51. The van der Waals surface area contributed by atoms with E-state index in [1.165, 1.54) is 11.1 Å². The van der Waals surface area contributed by atoms with Crippen molar-refractivity contribution in [3.63, 3.8) is 0 Å². The van der Waals surface area contributed by atoms with E-state index in [4.69, 9.17) is 8.85 Å². The zero-order valence-electron chi connectivity index (χ0n) is 21.5. The Morgan fingerprint density at radius 1 is 0.500 bits per heavy atom. The first kappa shape index (κ1) is 30.8. The van der Waals surface area contributed by atoms with Crippen molar-refractivity contribution < 1.29 is 25.6 Å². The summed E-state index contributed by atoms with van der Waals surface area (Å²) in [6.45, 7) is 30.2. The third-order valence-electron chi connectivity index (χ3n) is 4.57. The van der Waals surface area contributed by atoms with Gasteiger partial charge in [-0.3, -0.25) is 0 Å². The van der Waals surface area contributed by atoms with Crippen LogP contribution in [0.4, 0.5) is 0 Å². The fourth-order valence-electron chi connectivity index (χ4n) is 3.41. The molecule has 0 N–H and O–H groups in total. The molecule has 0 aliphatic heterocycles. The van der Waals surface area contributed by atoms with E-state index in [1.54, 1.807) is 10.4 Å². The van der Waals surface area contributed by atoms with Crippen LogP contribution in [0, 0.1) is 32.1 Å². The van der Waals surface area contributed by atoms with Crippen LogP contribution in [-0.4, -0.2) is 46.0 Å². The molecule has 0 spiro atoms. The molecule has 0 aromatic carbocycles. The molecule has 1 fully saturated rings. The summed E-state index contributed by atoms with van der Waals surface area (Å²) in [5, 5.41) is 3.41. The molecule has 1 saturated carbocycles. The van der Waals surface area contributed by atoms with Crippen LogP contribution in [0.2, 0.25) is 78.6 Å². The third-order valence-corrected chi connectivity index (χ3v) is 10.9. The van der Waals surface area contributed by atoms with Crippen molar-refractivity contribution >= 4 is 32.8 Å². The van der Waals surface area contributed by atoms with Crippen molar-refractivity contribution in [3.05, 3.63) is 53.6 Å². The molecule has 174 valence electrons. The summed E-state index contributed by atoms with van der Waals surface area (Å²) >= 11 is 0. The maximum Gasteiger partial charge on any atom is 0.184 e. The normalized spacial score (nSPS) is 18.0. The molecule has 0 amide bonds. The summed E-state index contributed by atoms with van der Waals surface area (Å²) in [5.41, 5.74) is 3.01. The van der Waals surface area contributed by atoms with E-state index in [-0.39, 0.29) is 16.8 Å². The summed E-state index contributed by atoms with van der Waals surface area (Å²) in [6, 6.07) is 0. The van der Waals surface area contributed by atoms with Crippen LogP contribution in [-0.2, 0) is 25.6 Å². The molecule has 2 rings (SSSR count). The standard InChI is InChI=1S/C18H40O2Si4.C5H5.Co/c1-21(2,3)17-15(13-19-23(7,8)9)16(14-20-24(10,11)12)18(17)22(4,5)6;1-2-4-5-3-1;/h13-14H2,1-12H3;1-5H;. The second-order valence-corrected chi connectivity index (χ2v) is 31.0. The zero-order chi connectivity index (χ0) is 22.7. The van der Waals surface area contributed by atoms with Crippen molar-refractivity contribution in [2.24, 2.45) is 0 Å². The molecule has 0 atom stereocenters. The molecule has 6 radical (unpaired) electrons. The Hall–Kier alpha value is 0.774. The van der Waals surface area contributed by atoms with Gasteiger partial charge in [0.25, 0.3) is 0 Å². The summed E-state index contributed by atoms with van der Waals surface area (Å²) in [5.74, 6) is 0. The maximum absolute atomic E-state index is 6.32. The minimum Gasteiger partial charge on any atom is -0.413 e. The van der Waals surface area contributed by atoms with Crippen LogP contribution in [0.15, 0.2) is 21.5 Å². The predicted octanol–water partition coefficient (Wildman–Crippen LogP) is 7.07. The smallest absolute Gasteiger partial charge is 0.184 e. The number of hydrogen-bond acceptors (Lipinski definition) is 2. The summed E-state index contributed by atoms with van der Waals surface area (Å²) in [4.78, 5) is 0. The van der Waals surface area contributed by atoms with Gasteiger partial charge in [-0.2, -0.15) is 0 Å². The van der Waals surface area contributed by atoms with Crippen LogP contribution < -0.4 is 0 Å². The van der Waals surface area contributed by atoms with Crippen molar-refractivity contribution in [1.82, 2.24) is 0 Å². The Morgan fingerprint density at radius 2 is 0.733 bits per heavy atom. The molecule has 0 aromatic heterocycles. The van der Waals surface area contributed by atoms with E-state index in [9.17, 15) is 0 Å². The fraction of sp³-hybridized carbons (Fsp3) is 0.609. The van der Waals surface area contributed by atoms with E-state index in [2.05, 4.69) is 78.6 Å². The van der Waals surface area contributed by atoms with Crippen LogP contribution >= 0.6 is 0 Å². The van der Waals surface area contributed by atoms with Crippen molar-refractivity contribution in [2.45, 2.75) is 78.6 Å². The van der Waals surface area contributed by atoms with E-state index in [1.807, 2.05) is 32.1 Å².